The van der Waals surface area contributed by atoms with E-state index in [1.165, 1.54) is 6.08 Å². The molecule has 158 valence electrons. The maximum absolute atomic E-state index is 13.1. The number of aromatic hydroxyl groups is 2. The Morgan fingerprint density at radius 1 is 1.10 bits per heavy atom. The first-order valence-electron chi connectivity index (χ1n) is 9.67. The second kappa shape index (κ2) is 9.78. The van der Waals surface area contributed by atoms with Crippen LogP contribution in [0.3, 0.4) is 0 Å². The van der Waals surface area contributed by atoms with Crippen LogP contribution in [0.1, 0.15) is 47.4 Å². The molecule has 1 aliphatic heterocycles. The SMILES string of the molecule is CC1C[C@H](c2ccccc2)OC(=O)c2c(O)cc(O)c(Cl)c2CC(=O)/C=C/CCO1. The molecule has 6 nitrogen and oxygen atoms in total. The number of ether oxygens (including phenoxy) is 2. The number of benzene rings is 2. The normalized spacial score (nSPS) is 21.9. The summed E-state index contributed by atoms with van der Waals surface area (Å²) in [6, 6.07) is 10.2. The van der Waals surface area contributed by atoms with E-state index in [4.69, 9.17) is 21.1 Å². The van der Waals surface area contributed by atoms with Crippen molar-refractivity contribution in [1.82, 2.24) is 0 Å². The van der Waals surface area contributed by atoms with E-state index in [1.54, 1.807) is 6.08 Å². The summed E-state index contributed by atoms with van der Waals surface area (Å²) in [6.45, 7) is 2.30. The summed E-state index contributed by atoms with van der Waals surface area (Å²) in [5.74, 6) is -2.09. The molecular weight excluding hydrogens is 408 g/mol. The van der Waals surface area contributed by atoms with Gasteiger partial charge < -0.3 is 19.7 Å². The van der Waals surface area contributed by atoms with E-state index < -0.39 is 23.6 Å². The van der Waals surface area contributed by atoms with Crippen molar-refractivity contribution >= 4 is 23.4 Å². The Hall–Kier alpha value is -2.83. The highest BCUT2D eigenvalue weighted by Gasteiger charge is 2.28. The molecule has 0 saturated carbocycles. The topological polar surface area (TPSA) is 93.1 Å². The van der Waals surface area contributed by atoms with Gasteiger partial charge in [0.2, 0.25) is 0 Å². The van der Waals surface area contributed by atoms with Crippen molar-refractivity contribution in [2.75, 3.05) is 6.61 Å². The molecule has 7 heteroatoms. The molecule has 1 aliphatic rings. The Kier molecular flexibility index (Phi) is 7.13. The Morgan fingerprint density at radius 2 is 1.83 bits per heavy atom. The molecule has 2 atom stereocenters. The van der Waals surface area contributed by atoms with Crippen molar-refractivity contribution in [1.29, 1.82) is 0 Å². The molecular formula is C23H23ClO6. The van der Waals surface area contributed by atoms with Gasteiger partial charge in [-0.25, -0.2) is 4.79 Å². The fraction of sp³-hybridized carbons (Fsp3) is 0.304. The highest BCUT2D eigenvalue weighted by Crippen LogP contribution is 2.38. The van der Waals surface area contributed by atoms with Gasteiger partial charge in [-0.3, -0.25) is 4.79 Å². The number of hydrogen-bond donors (Lipinski definition) is 2. The fourth-order valence-electron chi connectivity index (χ4n) is 3.34. The largest absolute Gasteiger partial charge is 0.507 e. The van der Waals surface area contributed by atoms with Gasteiger partial charge >= 0.3 is 5.97 Å². The number of carbonyl (C=O) groups is 2. The zero-order chi connectivity index (χ0) is 21.7. The minimum atomic E-state index is -0.834. The van der Waals surface area contributed by atoms with Gasteiger partial charge in [0.25, 0.3) is 0 Å². The number of halogens is 1. The van der Waals surface area contributed by atoms with Gasteiger partial charge in [0, 0.05) is 24.5 Å². The van der Waals surface area contributed by atoms with Crippen molar-refractivity contribution in [2.24, 2.45) is 0 Å². The maximum atomic E-state index is 13.1. The van der Waals surface area contributed by atoms with E-state index in [0.717, 1.165) is 11.6 Å². The predicted octanol–water partition coefficient (Wildman–Crippen LogP) is 4.52. The fourth-order valence-corrected chi connectivity index (χ4v) is 3.56. The lowest BCUT2D eigenvalue weighted by Gasteiger charge is -2.23. The smallest absolute Gasteiger partial charge is 0.342 e. The van der Waals surface area contributed by atoms with Gasteiger partial charge in [-0.1, -0.05) is 48.0 Å². The molecule has 1 unspecified atom stereocenters. The monoisotopic (exact) mass is 430 g/mol. The first kappa shape index (κ1) is 21.9. The molecule has 2 aromatic carbocycles. The summed E-state index contributed by atoms with van der Waals surface area (Å²) < 4.78 is 11.5. The van der Waals surface area contributed by atoms with E-state index >= 15 is 0 Å². The van der Waals surface area contributed by atoms with Crippen LogP contribution in [0.25, 0.3) is 0 Å². The molecule has 0 amide bonds. The Balaban J connectivity index is 2.06. The number of esters is 1. The zero-order valence-electron chi connectivity index (χ0n) is 16.5. The van der Waals surface area contributed by atoms with Crippen LogP contribution in [-0.4, -0.2) is 34.7 Å². The molecule has 30 heavy (non-hydrogen) atoms. The van der Waals surface area contributed by atoms with Crippen LogP contribution in [0, 0.1) is 0 Å². The molecule has 0 aliphatic carbocycles. The van der Waals surface area contributed by atoms with Gasteiger partial charge in [0.15, 0.2) is 5.78 Å². The van der Waals surface area contributed by atoms with Crippen molar-refractivity contribution in [3.05, 3.63) is 70.3 Å². The third kappa shape index (κ3) is 5.20. The lowest BCUT2D eigenvalue weighted by Crippen LogP contribution is -2.20. The molecule has 0 fully saturated rings. The minimum absolute atomic E-state index is 0.0296. The molecule has 3 rings (SSSR count). The van der Waals surface area contributed by atoms with Gasteiger partial charge in [-0.05, 0) is 25.0 Å². The van der Waals surface area contributed by atoms with Gasteiger partial charge in [-0.15, -0.1) is 0 Å². The molecule has 0 aromatic heterocycles. The number of carbonyl (C=O) groups excluding carboxylic acids is 2. The van der Waals surface area contributed by atoms with Crippen LogP contribution >= 0.6 is 11.6 Å². The highest BCUT2D eigenvalue weighted by molar-refractivity contribution is 6.33. The Bertz CT molecular complexity index is 954. The lowest BCUT2D eigenvalue weighted by molar-refractivity contribution is -0.114. The summed E-state index contributed by atoms with van der Waals surface area (Å²) in [6.07, 6.45) is 2.88. The Morgan fingerprint density at radius 3 is 2.57 bits per heavy atom. The summed E-state index contributed by atoms with van der Waals surface area (Å²) in [7, 11) is 0. The predicted molar refractivity (Wildman–Crippen MR) is 112 cm³/mol. The number of rotatable bonds is 1. The summed E-state index contributed by atoms with van der Waals surface area (Å²) >= 11 is 6.18. The quantitative estimate of drug-likeness (QED) is 0.646. The minimum Gasteiger partial charge on any atom is -0.507 e. The van der Waals surface area contributed by atoms with E-state index in [1.807, 2.05) is 37.3 Å². The van der Waals surface area contributed by atoms with Crippen LogP contribution in [0.5, 0.6) is 11.5 Å². The molecule has 2 N–H and O–H groups in total. The summed E-state index contributed by atoms with van der Waals surface area (Å²) in [5.41, 5.74) is 0.573. The molecule has 1 heterocycles. The van der Waals surface area contributed by atoms with Gasteiger partial charge in [0.05, 0.1) is 17.7 Å². The number of cyclic esters (lactones) is 1. The molecule has 0 saturated heterocycles. The van der Waals surface area contributed by atoms with E-state index in [-0.39, 0.29) is 34.5 Å². The van der Waals surface area contributed by atoms with Crippen molar-refractivity contribution < 1.29 is 29.3 Å². The first-order valence-corrected chi connectivity index (χ1v) is 10.0. The summed E-state index contributed by atoms with van der Waals surface area (Å²) in [4.78, 5) is 25.4. The second-order valence-corrected chi connectivity index (χ2v) is 7.52. The van der Waals surface area contributed by atoms with Crippen LogP contribution < -0.4 is 0 Å². The van der Waals surface area contributed by atoms with Crippen LogP contribution in [0.15, 0.2) is 48.6 Å². The maximum Gasteiger partial charge on any atom is 0.342 e. The lowest BCUT2D eigenvalue weighted by atomic mass is 9.99. The van der Waals surface area contributed by atoms with Crippen molar-refractivity contribution in [2.45, 2.75) is 38.4 Å². The number of allylic oxidation sites excluding steroid dienone is 1. The van der Waals surface area contributed by atoms with Crippen LogP contribution in [0.4, 0.5) is 0 Å². The van der Waals surface area contributed by atoms with Crippen LogP contribution in [0.2, 0.25) is 5.02 Å². The van der Waals surface area contributed by atoms with Crippen molar-refractivity contribution in [3.63, 3.8) is 0 Å². The third-order valence-electron chi connectivity index (χ3n) is 4.83. The molecule has 0 spiro atoms. The number of phenolic OH excluding ortho intramolecular Hbond substituents is 2. The van der Waals surface area contributed by atoms with E-state index in [9.17, 15) is 19.8 Å². The molecule has 2 aromatic rings. The number of phenols is 2. The van der Waals surface area contributed by atoms with Crippen molar-refractivity contribution in [3.8, 4) is 11.5 Å². The van der Waals surface area contributed by atoms with E-state index in [2.05, 4.69) is 0 Å². The average molecular weight is 431 g/mol. The molecule has 0 bridgehead atoms. The second-order valence-electron chi connectivity index (χ2n) is 7.14. The number of fused-ring (bicyclic) bond motifs is 1. The van der Waals surface area contributed by atoms with Gasteiger partial charge in [0.1, 0.15) is 23.2 Å². The zero-order valence-corrected chi connectivity index (χ0v) is 17.3. The Labute approximate surface area is 179 Å². The molecule has 0 radical (unpaired) electrons. The number of ketones is 1. The summed E-state index contributed by atoms with van der Waals surface area (Å²) in [5, 5.41) is 20.2. The number of hydrogen-bond acceptors (Lipinski definition) is 6. The standard InChI is InChI=1S/C23H23ClO6/c1-14-11-20(15-7-3-2-4-8-15)30-23(28)21-17(22(24)19(27)13-18(21)26)12-16(25)9-5-6-10-29-14/h2-5,7-9,13-14,20,26-27H,6,10-12H2,1H3/b9-5+/t14?,20-/m1/s1. The third-order valence-corrected chi connectivity index (χ3v) is 5.26. The highest BCUT2D eigenvalue weighted by atomic mass is 35.5. The first-order chi connectivity index (χ1) is 14.4. The van der Waals surface area contributed by atoms with E-state index in [0.29, 0.717) is 19.4 Å². The van der Waals surface area contributed by atoms with Crippen LogP contribution in [-0.2, 0) is 20.7 Å². The van der Waals surface area contributed by atoms with Gasteiger partial charge in [-0.2, -0.15) is 0 Å². The average Bonchev–Trinajstić information content (AvgIpc) is 2.71.